The van der Waals surface area contributed by atoms with Crippen molar-refractivity contribution in [3.8, 4) is 0 Å². The topological polar surface area (TPSA) is 33.1 Å². The van der Waals surface area contributed by atoms with Gasteiger partial charge in [-0.3, -0.25) is 4.68 Å². The van der Waals surface area contributed by atoms with Gasteiger partial charge in [-0.1, -0.05) is 0 Å². The summed E-state index contributed by atoms with van der Waals surface area (Å²) >= 11 is 0. The Balaban J connectivity index is 1.91. The van der Waals surface area contributed by atoms with Crippen LogP contribution in [0, 0.1) is 19.8 Å². The molecule has 0 amide bonds. The summed E-state index contributed by atoms with van der Waals surface area (Å²) in [5, 5.41) is 8.19. The van der Waals surface area contributed by atoms with Crippen molar-refractivity contribution in [2.45, 2.75) is 46.2 Å². The van der Waals surface area contributed by atoms with Gasteiger partial charge >= 0.3 is 0 Å². The summed E-state index contributed by atoms with van der Waals surface area (Å²) in [7, 11) is 4.25. The van der Waals surface area contributed by atoms with Crippen molar-refractivity contribution in [2.24, 2.45) is 13.0 Å². The van der Waals surface area contributed by atoms with Gasteiger partial charge in [0.1, 0.15) is 0 Å². The SMILES string of the molecule is Cc1nn(C)c(C)c1CNC(C)C1CCCN(C)C1. The van der Waals surface area contributed by atoms with Gasteiger partial charge in [0.25, 0.3) is 0 Å². The standard InChI is InChI=1S/C15H28N4/c1-11(14-7-6-8-18(4)10-14)16-9-15-12(2)17-19(5)13(15)3/h11,14,16H,6-10H2,1-5H3. The monoisotopic (exact) mass is 264 g/mol. The third-order valence-electron chi connectivity index (χ3n) is 4.63. The quantitative estimate of drug-likeness (QED) is 0.901. The summed E-state index contributed by atoms with van der Waals surface area (Å²) in [5.74, 6) is 0.774. The van der Waals surface area contributed by atoms with Crippen LogP contribution in [0.4, 0.5) is 0 Å². The van der Waals surface area contributed by atoms with Crippen LogP contribution in [0.25, 0.3) is 0 Å². The van der Waals surface area contributed by atoms with Gasteiger partial charge < -0.3 is 10.2 Å². The molecule has 0 aromatic carbocycles. The molecule has 1 N–H and O–H groups in total. The zero-order valence-corrected chi connectivity index (χ0v) is 13.0. The van der Waals surface area contributed by atoms with E-state index in [1.807, 2.05) is 11.7 Å². The summed E-state index contributed by atoms with van der Waals surface area (Å²) in [6.45, 7) is 9.99. The van der Waals surface area contributed by atoms with Gasteiger partial charge in [-0.05, 0) is 53.1 Å². The van der Waals surface area contributed by atoms with Gasteiger partial charge in [-0.25, -0.2) is 0 Å². The molecule has 2 unspecified atom stereocenters. The number of hydrogen-bond donors (Lipinski definition) is 1. The van der Waals surface area contributed by atoms with E-state index in [-0.39, 0.29) is 0 Å². The number of likely N-dealkylation sites (tertiary alicyclic amines) is 1. The first-order valence-electron chi connectivity index (χ1n) is 7.40. The Morgan fingerprint density at radius 2 is 2.11 bits per heavy atom. The molecule has 1 aliphatic heterocycles. The molecule has 2 atom stereocenters. The van der Waals surface area contributed by atoms with E-state index in [9.17, 15) is 0 Å². The maximum atomic E-state index is 4.48. The van der Waals surface area contributed by atoms with E-state index >= 15 is 0 Å². The molecule has 0 aliphatic carbocycles. The maximum Gasteiger partial charge on any atom is 0.0641 e. The first kappa shape index (κ1) is 14.5. The third kappa shape index (κ3) is 3.37. The smallest absolute Gasteiger partial charge is 0.0641 e. The minimum atomic E-state index is 0.571. The fraction of sp³-hybridized carbons (Fsp3) is 0.800. The Morgan fingerprint density at radius 3 is 2.68 bits per heavy atom. The number of piperidine rings is 1. The average Bonchev–Trinajstić information content (AvgIpc) is 2.61. The van der Waals surface area contributed by atoms with Crippen LogP contribution in [0.3, 0.4) is 0 Å². The lowest BCUT2D eigenvalue weighted by molar-refractivity contribution is 0.178. The van der Waals surface area contributed by atoms with Crippen molar-refractivity contribution in [3.63, 3.8) is 0 Å². The molecule has 4 nitrogen and oxygen atoms in total. The second kappa shape index (κ2) is 6.06. The second-order valence-corrected chi connectivity index (χ2v) is 6.11. The molecule has 1 aromatic heterocycles. The molecule has 108 valence electrons. The third-order valence-corrected chi connectivity index (χ3v) is 4.63. The Hall–Kier alpha value is -0.870. The number of nitrogens with zero attached hydrogens (tertiary/aromatic N) is 3. The van der Waals surface area contributed by atoms with E-state index < -0.39 is 0 Å². The van der Waals surface area contributed by atoms with Gasteiger partial charge in [-0.2, -0.15) is 5.10 Å². The van der Waals surface area contributed by atoms with E-state index in [1.165, 1.54) is 37.2 Å². The summed E-state index contributed by atoms with van der Waals surface area (Å²) < 4.78 is 1.98. The fourth-order valence-corrected chi connectivity index (χ4v) is 3.12. The van der Waals surface area contributed by atoms with Crippen molar-refractivity contribution in [3.05, 3.63) is 17.0 Å². The van der Waals surface area contributed by atoms with Gasteiger partial charge in [0.05, 0.1) is 5.69 Å². The molecule has 2 rings (SSSR count). The van der Waals surface area contributed by atoms with Crippen molar-refractivity contribution < 1.29 is 0 Å². The van der Waals surface area contributed by atoms with Crippen LogP contribution in [0.2, 0.25) is 0 Å². The second-order valence-electron chi connectivity index (χ2n) is 6.11. The van der Waals surface area contributed by atoms with Crippen LogP contribution < -0.4 is 5.32 Å². The molecule has 0 saturated carbocycles. The predicted molar refractivity (Wildman–Crippen MR) is 79.2 cm³/mol. The molecule has 1 saturated heterocycles. The van der Waals surface area contributed by atoms with Crippen LogP contribution in [-0.4, -0.2) is 40.9 Å². The number of rotatable bonds is 4. The highest BCUT2D eigenvalue weighted by Crippen LogP contribution is 2.19. The molecule has 1 fully saturated rings. The van der Waals surface area contributed by atoms with Crippen LogP contribution >= 0.6 is 0 Å². The molecular weight excluding hydrogens is 236 g/mol. The molecule has 2 heterocycles. The van der Waals surface area contributed by atoms with E-state index in [1.54, 1.807) is 0 Å². The maximum absolute atomic E-state index is 4.48. The molecule has 4 heteroatoms. The summed E-state index contributed by atoms with van der Waals surface area (Å²) in [6.07, 6.45) is 2.68. The zero-order chi connectivity index (χ0) is 14.0. The van der Waals surface area contributed by atoms with E-state index in [0.29, 0.717) is 6.04 Å². The fourth-order valence-electron chi connectivity index (χ4n) is 3.12. The number of aromatic nitrogens is 2. The minimum Gasteiger partial charge on any atom is -0.310 e. The Labute approximate surface area is 117 Å². The molecular formula is C15H28N4. The number of nitrogens with one attached hydrogen (secondary N) is 1. The lowest BCUT2D eigenvalue weighted by Crippen LogP contribution is -2.42. The molecule has 0 bridgehead atoms. The Morgan fingerprint density at radius 1 is 1.37 bits per heavy atom. The highest BCUT2D eigenvalue weighted by atomic mass is 15.3. The Bertz CT molecular complexity index is 424. The molecule has 1 aromatic rings. The normalized spacial score (nSPS) is 22.7. The lowest BCUT2D eigenvalue weighted by Gasteiger charge is -2.34. The number of aryl methyl sites for hydroxylation is 2. The van der Waals surface area contributed by atoms with E-state index in [2.05, 4.69) is 43.1 Å². The van der Waals surface area contributed by atoms with Crippen LogP contribution in [0.15, 0.2) is 0 Å². The van der Waals surface area contributed by atoms with Crippen LogP contribution in [-0.2, 0) is 13.6 Å². The van der Waals surface area contributed by atoms with Gasteiger partial charge in [-0.15, -0.1) is 0 Å². The summed E-state index contributed by atoms with van der Waals surface area (Å²) in [6, 6.07) is 0.571. The van der Waals surface area contributed by atoms with E-state index in [0.717, 1.165) is 18.2 Å². The van der Waals surface area contributed by atoms with E-state index in [4.69, 9.17) is 0 Å². The molecule has 19 heavy (non-hydrogen) atoms. The average molecular weight is 264 g/mol. The minimum absolute atomic E-state index is 0.571. The summed E-state index contributed by atoms with van der Waals surface area (Å²) in [5.41, 5.74) is 3.79. The van der Waals surface area contributed by atoms with Crippen LogP contribution in [0.5, 0.6) is 0 Å². The highest BCUT2D eigenvalue weighted by molar-refractivity contribution is 5.24. The first-order chi connectivity index (χ1) is 8.99. The van der Waals surface area contributed by atoms with Crippen molar-refractivity contribution in [1.29, 1.82) is 0 Å². The zero-order valence-electron chi connectivity index (χ0n) is 13.0. The number of hydrogen-bond acceptors (Lipinski definition) is 3. The van der Waals surface area contributed by atoms with Gasteiger partial charge in [0.15, 0.2) is 0 Å². The van der Waals surface area contributed by atoms with Crippen LogP contribution in [0.1, 0.15) is 36.7 Å². The van der Waals surface area contributed by atoms with Crippen molar-refractivity contribution >= 4 is 0 Å². The Kier molecular flexibility index (Phi) is 4.63. The van der Waals surface area contributed by atoms with Gasteiger partial charge in [0.2, 0.25) is 0 Å². The summed E-state index contributed by atoms with van der Waals surface area (Å²) in [4.78, 5) is 2.45. The van der Waals surface area contributed by atoms with Crippen molar-refractivity contribution in [2.75, 3.05) is 20.1 Å². The van der Waals surface area contributed by atoms with Gasteiger partial charge in [0, 0.05) is 37.4 Å². The first-order valence-corrected chi connectivity index (χ1v) is 7.40. The molecule has 0 radical (unpaired) electrons. The molecule has 1 aliphatic rings. The predicted octanol–water partition coefficient (Wildman–Crippen LogP) is 1.86. The largest absolute Gasteiger partial charge is 0.310 e. The molecule has 0 spiro atoms. The highest BCUT2D eigenvalue weighted by Gasteiger charge is 2.22. The van der Waals surface area contributed by atoms with Crippen molar-refractivity contribution in [1.82, 2.24) is 20.0 Å². The lowest BCUT2D eigenvalue weighted by atomic mass is 9.92.